The van der Waals surface area contributed by atoms with E-state index < -0.39 is 11.9 Å². The average Bonchev–Trinajstić information content (AvgIpc) is 2.15. The van der Waals surface area contributed by atoms with Crippen LogP contribution in [-0.4, -0.2) is 22.0 Å². The van der Waals surface area contributed by atoms with Crippen molar-refractivity contribution in [1.29, 1.82) is 0 Å². The Bertz CT molecular complexity index is 316. The van der Waals surface area contributed by atoms with E-state index in [2.05, 4.69) is 10.3 Å². The molecule has 1 aromatic rings. The Morgan fingerprint density at radius 2 is 2.14 bits per heavy atom. The van der Waals surface area contributed by atoms with Crippen LogP contribution in [0.3, 0.4) is 0 Å². The number of carboxylic acid groups (broad SMARTS) is 1. The molecule has 1 heterocycles. The molecule has 0 saturated heterocycles. The van der Waals surface area contributed by atoms with Gasteiger partial charge in [0.2, 0.25) is 0 Å². The topological polar surface area (TPSA) is 79.3 Å². The lowest BCUT2D eigenvalue weighted by Gasteiger charge is -1.99. The van der Waals surface area contributed by atoms with Gasteiger partial charge < -0.3 is 10.4 Å². The highest BCUT2D eigenvalue weighted by molar-refractivity contribution is 6.31. The molecule has 0 aliphatic rings. The lowest BCUT2D eigenvalue weighted by atomic mass is 10.3. The molecule has 2 N–H and O–H groups in total. The van der Waals surface area contributed by atoms with E-state index in [4.69, 9.17) is 5.11 Å². The molecule has 0 aliphatic heterocycles. The minimum Gasteiger partial charge on any atom is -0.474 e. The van der Waals surface area contributed by atoms with Gasteiger partial charge in [0.25, 0.3) is 0 Å². The SMILES string of the molecule is Cl.O=C(O)C(=O)NCc1ccccn1. The maximum absolute atomic E-state index is 10.6. The normalized spacial score (nSPS) is 8.57. The molecular formula is C8H9ClN2O3. The van der Waals surface area contributed by atoms with Gasteiger partial charge in [-0.15, -0.1) is 12.4 Å². The van der Waals surface area contributed by atoms with Gasteiger partial charge in [-0.3, -0.25) is 9.78 Å². The van der Waals surface area contributed by atoms with E-state index in [9.17, 15) is 9.59 Å². The molecule has 0 unspecified atom stereocenters. The molecule has 0 fully saturated rings. The van der Waals surface area contributed by atoms with Crippen LogP contribution in [-0.2, 0) is 16.1 Å². The molecule has 1 aromatic heterocycles. The fourth-order valence-electron chi connectivity index (χ4n) is 0.749. The van der Waals surface area contributed by atoms with Crippen molar-refractivity contribution < 1.29 is 14.7 Å². The summed E-state index contributed by atoms with van der Waals surface area (Å²) < 4.78 is 0. The van der Waals surface area contributed by atoms with E-state index >= 15 is 0 Å². The number of hydrogen-bond acceptors (Lipinski definition) is 3. The number of carbonyl (C=O) groups excluding carboxylic acids is 1. The molecule has 0 spiro atoms. The first-order valence-electron chi connectivity index (χ1n) is 3.61. The highest BCUT2D eigenvalue weighted by atomic mass is 35.5. The van der Waals surface area contributed by atoms with Crippen LogP contribution in [0.5, 0.6) is 0 Å². The van der Waals surface area contributed by atoms with Gasteiger partial charge in [-0.1, -0.05) is 6.07 Å². The summed E-state index contributed by atoms with van der Waals surface area (Å²) in [7, 11) is 0. The number of carboxylic acids is 1. The van der Waals surface area contributed by atoms with Crippen molar-refractivity contribution in [3.63, 3.8) is 0 Å². The highest BCUT2D eigenvalue weighted by Gasteiger charge is 2.09. The lowest BCUT2D eigenvalue weighted by Crippen LogP contribution is -2.30. The van der Waals surface area contributed by atoms with Crippen molar-refractivity contribution in [2.45, 2.75) is 6.54 Å². The van der Waals surface area contributed by atoms with Crippen molar-refractivity contribution in [2.75, 3.05) is 0 Å². The van der Waals surface area contributed by atoms with Crippen LogP contribution in [0.2, 0.25) is 0 Å². The van der Waals surface area contributed by atoms with Crippen molar-refractivity contribution in [3.8, 4) is 0 Å². The predicted molar refractivity (Wildman–Crippen MR) is 51.0 cm³/mol. The fraction of sp³-hybridized carbons (Fsp3) is 0.125. The first-order chi connectivity index (χ1) is 6.20. The second kappa shape index (κ2) is 5.93. The van der Waals surface area contributed by atoms with E-state index in [1.54, 1.807) is 24.4 Å². The summed E-state index contributed by atoms with van der Waals surface area (Å²) in [5, 5.41) is 10.4. The predicted octanol–water partition coefficient (Wildman–Crippen LogP) is 0.204. The Hall–Kier alpha value is -1.62. The number of amides is 1. The first kappa shape index (κ1) is 12.4. The fourth-order valence-corrected chi connectivity index (χ4v) is 0.749. The molecule has 6 heteroatoms. The molecule has 0 bridgehead atoms. The Kier molecular flexibility index (Phi) is 5.24. The smallest absolute Gasteiger partial charge is 0.394 e. The molecule has 0 aliphatic carbocycles. The van der Waals surface area contributed by atoms with E-state index in [0.29, 0.717) is 5.69 Å². The van der Waals surface area contributed by atoms with Crippen molar-refractivity contribution >= 4 is 24.3 Å². The second-order valence-electron chi connectivity index (χ2n) is 2.31. The largest absolute Gasteiger partial charge is 0.474 e. The van der Waals surface area contributed by atoms with Gasteiger partial charge in [0, 0.05) is 6.20 Å². The van der Waals surface area contributed by atoms with Gasteiger partial charge in [-0.25, -0.2) is 4.79 Å². The van der Waals surface area contributed by atoms with Crippen molar-refractivity contribution in [2.24, 2.45) is 0 Å². The number of aliphatic carboxylic acids is 1. The number of carbonyl (C=O) groups is 2. The van der Waals surface area contributed by atoms with E-state index in [0.717, 1.165) is 0 Å². The van der Waals surface area contributed by atoms with Crippen LogP contribution in [0.15, 0.2) is 24.4 Å². The maximum atomic E-state index is 10.6. The molecule has 1 amide bonds. The van der Waals surface area contributed by atoms with Crippen molar-refractivity contribution in [3.05, 3.63) is 30.1 Å². The summed E-state index contributed by atoms with van der Waals surface area (Å²) in [4.78, 5) is 24.6. The zero-order valence-corrected chi connectivity index (χ0v) is 7.95. The second-order valence-corrected chi connectivity index (χ2v) is 2.31. The Morgan fingerprint density at radius 1 is 1.43 bits per heavy atom. The Labute approximate surface area is 86.6 Å². The number of aromatic nitrogens is 1. The van der Waals surface area contributed by atoms with Crippen LogP contribution >= 0.6 is 12.4 Å². The number of rotatable bonds is 2. The van der Waals surface area contributed by atoms with E-state index in [1.165, 1.54) is 0 Å². The summed E-state index contributed by atoms with van der Waals surface area (Å²) >= 11 is 0. The molecule has 0 saturated carbocycles. The third-order valence-electron chi connectivity index (χ3n) is 1.35. The number of hydrogen-bond donors (Lipinski definition) is 2. The number of nitrogens with zero attached hydrogens (tertiary/aromatic N) is 1. The van der Waals surface area contributed by atoms with Gasteiger partial charge in [-0.2, -0.15) is 0 Å². The molecule has 5 nitrogen and oxygen atoms in total. The number of pyridine rings is 1. The van der Waals surface area contributed by atoms with Crippen LogP contribution in [0, 0.1) is 0 Å². The molecule has 0 radical (unpaired) electrons. The summed E-state index contributed by atoms with van der Waals surface area (Å²) in [6.07, 6.45) is 1.57. The number of nitrogens with one attached hydrogen (secondary N) is 1. The van der Waals surface area contributed by atoms with Crippen LogP contribution < -0.4 is 5.32 Å². The molecular weight excluding hydrogens is 208 g/mol. The molecule has 76 valence electrons. The summed E-state index contributed by atoms with van der Waals surface area (Å²) in [5.41, 5.74) is 0.622. The van der Waals surface area contributed by atoms with Gasteiger partial charge in [0.15, 0.2) is 0 Å². The zero-order valence-electron chi connectivity index (χ0n) is 7.14. The monoisotopic (exact) mass is 216 g/mol. The van der Waals surface area contributed by atoms with Gasteiger partial charge in [-0.05, 0) is 12.1 Å². The zero-order chi connectivity index (χ0) is 9.68. The van der Waals surface area contributed by atoms with Gasteiger partial charge in [0.1, 0.15) is 0 Å². The van der Waals surface area contributed by atoms with E-state index in [-0.39, 0.29) is 19.0 Å². The summed E-state index contributed by atoms with van der Waals surface area (Å²) in [6, 6.07) is 5.19. The van der Waals surface area contributed by atoms with Gasteiger partial charge in [0.05, 0.1) is 12.2 Å². The Balaban J connectivity index is 0.00000169. The highest BCUT2D eigenvalue weighted by Crippen LogP contribution is 1.91. The molecule has 1 rings (SSSR count). The average molecular weight is 217 g/mol. The molecule has 14 heavy (non-hydrogen) atoms. The third-order valence-corrected chi connectivity index (χ3v) is 1.35. The lowest BCUT2D eigenvalue weighted by molar-refractivity contribution is -0.150. The third kappa shape index (κ3) is 3.86. The summed E-state index contributed by atoms with van der Waals surface area (Å²) in [6.45, 7) is 0.131. The molecule has 0 atom stereocenters. The van der Waals surface area contributed by atoms with Crippen LogP contribution in [0.4, 0.5) is 0 Å². The minimum atomic E-state index is -1.49. The van der Waals surface area contributed by atoms with E-state index in [1.807, 2.05) is 0 Å². The quantitative estimate of drug-likeness (QED) is 0.693. The molecule has 0 aromatic carbocycles. The minimum absolute atomic E-state index is 0. The standard InChI is InChI=1S/C8H8N2O3.ClH/c11-7(8(12)13)10-5-6-3-1-2-4-9-6;/h1-4H,5H2,(H,10,11)(H,12,13);1H. The number of halogens is 1. The summed E-state index contributed by atoms with van der Waals surface area (Å²) in [5.74, 6) is -2.51. The Morgan fingerprint density at radius 3 is 2.64 bits per heavy atom. The van der Waals surface area contributed by atoms with Gasteiger partial charge >= 0.3 is 11.9 Å². The van der Waals surface area contributed by atoms with Crippen molar-refractivity contribution in [1.82, 2.24) is 10.3 Å². The maximum Gasteiger partial charge on any atom is 0.394 e. The first-order valence-corrected chi connectivity index (χ1v) is 3.61. The van der Waals surface area contributed by atoms with Crippen LogP contribution in [0.1, 0.15) is 5.69 Å². The van der Waals surface area contributed by atoms with Crippen LogP contribution in [0.25, 0.3) is 0 Å².